The molecule has 5 nitrogen and oxygen atoms in total. The van der Waals surface area contributed by atoms with E-state index < -0.39 is 0 Å². The highest BCUT2D eigenvalue weighted by Gasteiger charge is 2.27. The Morgan fingerprint density at radius 1 is 1.31 bits per heavy atom. The van der Waals surface area contributed by atoms with Crippen molar-refractivity contribution < 1.29 is 9.32 Å². The molecule has 1 atom stereocenters. The molecule has 1 aliphatic heterocycles. The zero-order valence-electron chi connectivity index (χ0n) is 15.6. The first-order chi connectivity index (χ1) is 12.7. The van der Waals surface area contributed by atoms with E-state index in [0.29, 0.717) is 24.5 Å². The van der Waals surface area contributed by atoms with Gasteiger partial charge >= 0.3 is 0 Å². The van der Waals surface area contributed by atoms with Crippen LogP contribution in [0.25, 0.3) is 0 Å². The SMILES string of the molecule is CCCCC1C=CCN1C(=O)c1cc(CN(C)Cc2ccccc2)on1. The average Bonchev–Trinajstić information content (AvgIpc) is 3.29. The van der Waals surface area contributed by atoms with Crippen molar-refractivity contribution in [1.29, 1.82) is 0 Å². The summed E-state index contributed by atoms with van der Waals surface area (Å²) in [5, 5.41) is 4.01. The van der Waals surface area contributed by atoms with Gasteiger partial charge in [0.05, 0.1) is 12.6 Å². The van der Waals surface area contributed by atoms with Crippen LogP contribution >= 0.6 is 0 Å². The number of unbranched alkanes of at least 4 members (excludes halogenated alkanes) is 1. The summed E-state index contributed by atoms with van der Waals surface area (Å²) in [6, 6.07) is 12.2. The fourth-order valence-corrected chi connectivity index (χ4v) is 3.32. The lowest BCUT2D eigenvalue weighted by Gasteiger charge is -2.23. The van der Waals surface area contributed by atoms with Gasteiger partial charge in [0.2, 0.25) is 0 Å². The number of carbonyl (C=O) groups is 1. The van der Waals surface area contributed by atoms with E-state index in [9.17, 15) is 4.79 Å². The molecule has 0 saturated heterocycles. The highest BCUT2D eigenvalue weighted by Crippen LogP contribution is 2.19. The largest absolute Gasteiger partial charge is 0.359 e. The average molecular weight is 353 g/mol. The summed E-state index contributed by atoms with van der Waals surface area (Å²) in [6.45, 7) is 4.26. The normalized spacial score (nSPS) is 16.6. The summed E-state index contributed by atoms with van der Waals surface area (Å²) in [7, 11) is 2.03. The first kappa shape index (κ1) is 18.4. The zero-order valence-corrected chi connectivity index (χ0v) is 15.6. The molecule has 0 N–H and O–H groups in total. The molecule has 0 fully saturated rings. The van der Waals surface area contributed by atoms with Gasteiger partial charge in [-0.05, 0) is 19.0 Å². The van der Waals surface area contributed by atoms with E-state index in [1.165, 1.54) is 5.56 Å². The third-order valence-electron chi connectivity index (χ3n) is 4.67. The van der Waals surface area contributed by atoms with E-state index in [0.717, 1.165) is 25.8 Å². The lowest BCUT2D eigenvalue weighted by molar-refractivity contribution is 0.0733. The predicted molar refractivity (Wildman–Crippen MR) is 102 cm³/mol. The second-order valence-electron chi connectivity index (χ2n) is 6.93. The van der Waals surface area contributed by atoms with Crippen LogP contribution in [0.4, 0.5) is 0 Å². The van der Waals surface area contributed by atoms with Crippen LogP contribution in [-0.2, 0) is 13.1 Å². The van der Waals surface area contributed by atoms with E-state index in [2.05, 4.69) is 41.3 Å². The summed E-state index contributed by atoms with van der Waals surface area (Å²) in [4.78, 5) is 16.8. The summed E-state index contributed by atoms with van der Waals surface area (Å²) < 4.78 is 5.41. The molecular weight excluding hydrogens is 326 g/mol. The van der Waals surface area contributed by atoms with Gasteiger partial charge in [0, 0.05) is 19.2 Å². The molecule has 2 heterocycles. The Morgan fingerprint density at radius 2 is 2.12 bits per heavy atom. The summed E-state index contributed by atoms with van der Waals surface area (Å²) in [6.07, 6.45) is 7.44. The van der Waals surface area contributed by atoms with Crippen molar-refractivity contribution in [1.82, 2.24) is 15.0 Å². The molecule has 3 rings (SSSR count). The maximum Gasteiger partial charge on any atom is 0.276 e. The van der Waals surface area contributed by atoms with Crippen molar-refractivity contribution in [3.63, 3.8) is 0 Å². The molecule has 0 spiro atoms. The van der Waals surface area contributed by atoms with Gasteiger partial charge in [-0.15, -0.1) is 0 Å². The number of hydrogen-bond acceptors (Lipinski definition) is 4. The number of amides is 1. The number of aromatic nitrogens is 1. The molecule has 1 aromatic heterocycles. The number of hydrogen-bond donors (Lipinski definition) is 0. The van der Waals surface area contributed by atoms with Crippen molar-refractivity contribution in [2.75, 3.05) is 13.6 Å². The molecule has 1 aromatic carbocycles. The zero-order chi connectivity index (χ0) is 18.4. The Hall–Kier alpha value is -2.40. The van der Waals surface area contributed by atoms with Gasteiger partial charge in [0.1, 0.15) is 0 Å². The van der Waals surface area contributed by atoms with Crippen LogP contribution in [0.1, 0.15) is 48.0 Å². The molecule has 1 unspecified atom stereocenters. The summed E-state index contributed by atoms with van der Waals surface area (Å²) in [5.74, 6) is 0.667. The first-order valence-electron chi connectivity index (χ1n) is 9.33. The minimum Gasteiger partial charge on any atom is -0.359 e. The Labute approximate surface area is 155 Å². The number of nitrogens with zero attached hydrogens (tertiary/aromatic N) is 3. The smallest absolute Gasteiger partial charge is 0.276 e. The molecule has 2 aromatic rings. The predicted octanol–water partition coefficient (Wildman–Crippen LogP) is 3.88. The van der Waals surface area contributed by atoms with Gasteiger partial charge in [-0.2, -0.15) is 0 Å². The summed E-state index contributed by atoms with van der Waals surface area (Å²) in [5.41, 5.74) is 1.64. The Bertz CT molecular complexity index is 739. The van der Waals surface area contributed by atoms with Crippen molar-refractivity contribution in [3.8, 4) is 0 Å². The number of carbonyl (C=O) groups excluding carboxylic acids is 1. The molecule has 26 heavy (non-hydrogen) atoms. The third kappa shape index (κ3) is 4.61. The quantitative estimate of drug-likeness (QED) is 0.676. The lowest BCUT2D eigenvalue weighted by atomic mass is 10.1. The van der Waals surface area contributed by atoms with Gasteiger partial charge in [-0.1, -0.05) is 67.4 Å². The van der Waals surface area contributed by atoms with Crippen molar-refractivity contribution in [3.05, 3.63) is 65.6 Å². The molecule has 1 aliphatic rings. The second kappa shape index (κ2) is 8.81. The Balaban J connectivity index is 1.57. The Morgan fingerprint density at radius 3 is 2.88 bits per heavy atom. The number of benzene rings is 1. The van der Waals surface area contributed by atoms with Crippen LogP contribution in [0.2, 0.25) is 0 Å². The van der Waals surface area contributed by atoms with Crippen LogP contribution in [0, 0.1) is 0 Å². The first-order valence-corrected chi connectivity index (χ1v) is 9.33. The van der Waals surface area contributed by atoms with Crippen LogP contribution < -0.4 is 0 Å². The highest BCUT2D eigenvalue weighted by atomic mass is 16.5. The van der Waals surface area contributed by atoms with Crippen LogP contribution in [-0.4, -0.2) is 40.5 Å². The van der Waals surface area contributed by atoms with Gasteiger partial charge in [-0.3, -0.25) is 9.69 Å². The van der Waals surface area contributed by atoms with Gasteiger partial charge in [-0.25, -0.2) is 0 Å². The molecule has 1 amide bonds. The molecule has 138 valence electrons. The summed E-state index contributed by atoms with van der Waals surface area (Å²) >= 11 is 0. The van der Waals surface area contributed by atoms with Crippen molar-refractivity contribution in [2.45, 2.75) is 45.3 Å². The molecule has 5 heteroatoms. The van der Waals surface area contributed by atoms with Crippen LogP contribution in [0.15, 0.2) is 53.1 Å². The molecule has 0 aliphatic carbocycles. The monoisotopic (exact) mass is 353 g/mol. The van der Waals surface area contributed by atoms with Crippen LogP contribution in [0.3, 0.4) is 0 Å². The molecule has 0 bridgehead atoms. The topological polar surface area (TPSA) is 49.6 Å². The minimum atomic E-state index is -0.0446. The number of rotatable bonds is 8. The maximum absolute atomic E-state index is 12.8. The van der Waals surface area contributed by atoms with E-state index in [1.807, 2.05) is 30.1 Å². The maximum atomic E-state index is 12.8. The van der Waals surface area contributed by atoms with Crippen molar-refractivity contribution in [2.24, 2.45) is 0 Å². The molecule has 0 radical (unpaired) electrons. The fourth-order valence-electron chi connectivity index (χ4n) is 3.32. The van der Waals surface area contributed by atoms with E-state index >= 15 is 0 Å². The van der Waals surface area contributed by atoms with E-state index in [4.69, 9.17) is 4.52 Å². The fraction of sp³-hybridized carbons (Fsp3) is 0.429. The van der Waals surface area contributed by atoms with Gasteiger partial charge in [0.25, 0.3) is 5.91 Å². The standard InChI is InChI=1S/C21H27N3O2/c1-3-4-11-18-12-8-13-24(18)21(25)20-14-19(26-22-20)16-23(2)15-17-9-6-5-7-10-17/h5-10,12,14,18H,3-4,11,13,15-16H2,1-2H3. The van der Waals surface area contributed by atoms with Crippen LogP contribution in [0.5, 0.6) is 0 Å². The van der Waals surface area contributed by atoms with E-state index in [-0.39, 0.29) is 11.9 Å². The van der Waals surface area contributed by atoms with Gasteiger partial charge < -0.3 is 9.42 Å². The molecular formula is C21H27N3O2. The Kier molecular flexibility index (Phi) is 6.23. The van der Waals surface area contributed by atoms with Gasteiger partial charge in [0.15, 0.2) is 11.5 Å². The van der Waals surface area contributed by atoms with Crippen molar-refractivity contribution >= 4 is 5.91 Å². The molecule has 0 saturated carbocycles. The lowest BCUT2D eigenvalue weighted by Crippen LogP contribution is -2.36. The third-order valence-corrected chi connectivity index (χ3v) is 4.67. The van der Waals surface area contributed by atoms with E-state index in [1.54, 1.807) is 6.07 Å². The minimum absolute atomic E-state index is 0.0446. The second-order valence-corrected chi connectivity index (χ2v) is 6.93. The highest BCUT2D eigenvalue weighted by molar-refractivity contribution is 5.93.